The maximum absolute atomic E-state index is 12.9. The maximum atomic E-state index is 12.9. The Morgan fingerprint density at radius 3 is 2.25 bits per heavy atom. The summed E-state index contributed by atoms with van der Waals surface area (Å²) in [6.07, 6.45) is -0.107. The molecule has 2 aliphatic heterocycles. The third kappa shape index (κ3) is 4.21. The number of nitrogens with zero attached hydrogens (tertiary/aromatic N) is 4. The molecule has 0 saturated carbocycles. The number of benzene rings is 1. The molecule has 1 atom stereocenters. The summed E-state index contributed by atoms with van der Waals surface area (Å²) in [4.78, 5) is 44.2. The number of ether oxygens (including phenoxy) is 1. The first kappa shape index (κ1) is 20.0. The van der Waals surface area contributed by atoms with Gasteiger partial charge in [0.25, 0.3) is 0 Å². The van der Waals surface area contributed by atoms with Crippen molar-refractivity contribution in [1.82, 2.24) is 9.80 Å². The fourth-order valence-corrected chi connectivity index (χ4v) is 3.64. The van der Waals surface area contributed by atoms with E-state index in [-0.39, 0.29) is 30.2 Å². The lowest BCUT2D eigenvalue weighted by atomic mass is 10.1. The maximum Gasteiger partial charge on any atom is 0.409 e. The summed E-state index contributed by atoms with van der Waals surface area (Å²) in [5.41, 5.74) is 1.88. The summed E-state index contributed by atoms with van der Waals surface area (Å²) < 4.78 is 5.01. The van der Waals surface area contributed by atoms with Crippen molar-refractivity contribution >= 4 is 29.3 Å². The molecule has 2 heterocycles. The third-order valence-corrected chi connectivity index (χ3v) is 5.27. The second kappa shape index (κ2) is 8.50. The van der Waals surface area contributed by atoms with Crippen LogP contribution in [0.2, 0.25) is 0 Å². The number of hydrogen-bond donors (Lipinski definition) is 0. The van der Waals surface area contributed by atoms with Crippen molar-refractivity contribution in [2.24, 2.45) is 5.92 Å². The minimum Gasteiger partial charge on any atom is -0.450 e. The molecule has 0 bridgehead atoms. The summed E-state index contributed by atoms with van der Waals surface area (Å²) in [5.74, 6) is -0.374. The van der Waals surface area contributed by atoms with Crippen LogP contribution in [-0.2, 0) is 14.3 Å². The molecule has 0 aliphatic carbocycles. The third-order valence-electron chi connectivity index (χ3n) is 5.27. The Labute approximate surface area is 165 Å². The molecule has 8 heteroatoms. The normalized spacial score (nSPS) is 19.8. The molecule has 1 unspecified atom stereocenters. The van der Waals surface area contributed by atoms with E-state index in [0.29, 0.717) is 39.3 Å². The van der Waals surface area contributed by atoms with Crippen molar-refractivity contribution < 1.29 is 19.1 Å². The molecule has 3 amide bonds. The van der Waals surface area contributed by atoms with E-state index in [0.717, 1.165) is 11.4 Å². The van der Waals surface area contributed by atoms with Crippen molar-refractivity contribution in [2.75, 3.05) is 63.2 Å². The molecule has 2 aliphatic rings. The van der Waals surface area contributed by atoms with E-state index < -0.39 is 0 Å². The van der Waals surface area contributed by atoms with Gasteiger partial charge in [-0.1, -0.05) is 0 Å². The summed E-state index contributed by atoms with van der Waals surface area (Å²) >= 11 is 0. The van der Waals surface area contributed by atoms with E-state index in [1.807, 2.05) is 43.3 Å². The molecule has 152 valence electrons. The van der Waals surface area contributed by atoms with E-state index in [9.17, 15) is 14.4 Å². The molecular formula is C20H28N4O4. The van der Waals surface area contributed by atoms with Gasteiger partial charge >= 0.3 is 6.09 Å². The number of anilines is 2. The number of carbonyl (C=O) groups is 3. The van der Waals surface area contributed by atoms with Gasteiger partial charge in [-0.2, -0.15) is 0 Å². The van der Waals surface area contributed by atoms with Crippen LogP contribution in [0.5, 0.6) is 0 Å². The van der Waals surface area contributed by atoms with Gasteiger partial charge in [0.2, 0.25) is 11.8 Å². The van der Waals surface area contributed by atoms with E-state index >= 15 is 0 Å². The molecule has 0 radical (unpaired) electrons. The van der Waals surface area contributed by atoms with Crippen molar-refractivity contribution in [1.29, 1.82) is 0 Å². The number of hydrogen-bond acceptors (Lipinski definition) is 5. The molecule has 0 spiro atoms. The Kier molecular flexibility index (Phi) is 6.06. The van der Waals surface area contributed by atoms with Gasteiger partial charge in [0.15, 0.2) is 0 Å². The van der Waals surface area contributed by atoms with Crippen molar-refractivity contribution in [2.45, 2.75) is 13.3 Å². The summed E-state index contributed by atoms with van der Waals surface area (Å²) in [6.45, 7) is 4.38. The van der Waals surface area contributed by atoms with E-state index in [2.05, 4.69) is 0 Å². The zero-order valence-corrected chi connectivity index (χ0v) is 16.8. The Bertz CT molecular complexity index is 726. The molecule has 0 N–H and O–H groups in total. The van der Waals surface area contributed by atoms with E-state index in [1.54, 1.807) is 21.6 Å². The van der Waals surface area contributed by atoms with E-state index in [1.165, 1.54) is 0 Å². The monoisotopic (exact) mass is 388 g/mol. The van der Waals surface area contributed by atoms with Crippen molar-refractivity contribution in [3.05, 3.63) is 24.3 Å². The Hall–Kier alpha value is -2.77. The summed E-state index contributed by atoms with van der Waals surface area (Å²) in [7, 11) is 3.93. The fraction of sp³-hybridized carbons (Fsp3) is 0.550. The van der Waals surface area contributed by atoms with Crippen LogP contribution in [-0.4, -0.2) is 81.1 Å². The minimum absolute atomic E-state index is 0.00993. The van der Waals surface area contributed by atoms with Crippen LogP contribution in [0.15, 0.2) is 24.3 Å². The zero-order valence-electron chi connectivity index (χ0n) is 16.8. The Morgan fingerprint density at radius 2 is 1.68 bits per heavy atom. The second-order valence-electron chi connectivity index (χ2n) is 7.33. The van der Waals surface area contributed by atoms with Gasteiger partial charge in [0.05, 0.1) is 12.5 Å². The lowest BCUT2D eigenvalue weighted by Crippen LogP contribution is -2.52. The predicted octanol–water partition coefficient (Wildman–Crippen LogP) is 1.41. The highest BCUT2D eigenvalue weighted by molar-refractivity contribution is 6.00. The first-order valence-electron chi connectivity index (χ1n) is 9.69. The van der Waals surface area contributed by atoms with Gasteiger partial charge in [-0.3, -0.25) is 9.59 Å². The zero-order chi connectivity index (χ0) is 20.3. The lowest BCUT2D eigenvalue weighted by Gasteiger charge is -2.35. The highest BCUT2D eigenvalue weighted by Gasteiger charge is 2.38. The molecule has 2 fully saturated rings. The van der Waals surface area contributed by atoms with Gasteiger partial charge in [-0.15, -0.1) is 0 Å². The van der Waals surface area contributed by atoms with Crippen LogP contribution in [0.25, 0.3) is 0 Å². The SMILES string of the molecule is CCOC(=O)N1CCN(C(=O)C2CC(=O)N(c3ccc(N(C)C)cc3)C2)CC1. The topological polar surface area (TPSA) is 73.4 Å². The molecule has 1 aromatic carbocycles. The standard InChI is InChI=1S/C20H28N4O4/c1-4-28-20(27)23-11-9-22(10-12-23)19(26)15-13-18(25)24(14-15)17-7-5-16(6-8-17)21(2)3/h5-8,15H,4,9-14H2,1-3H3. The lowest BCUT2D eigenvalue weighted by molar-refractivity contribution is -0.137. The van der Waals surface area contributed by atoms with Crippen LogP contribution in [0.4, 0.5) is 16.2 Å². The highest BCUT2D eigenvalue weighted by atomic mass is 16.6. The van der Waals surface area contributed by atoms with Gasteiger partial charge < -0.3 is 24.3 Å². The van der Waals surface area contributed by atoms with Crippen molar-refractivity contribution in [3.63, 3.8) is 0 Å². The van der Waals surface area contributed by atoms with Gasteiger partial charge in [-0.05, 0) is 31.2 Å². The summed E-state index contributed by atoms with van der Waals surface area (Å²) in [5, 5.41) is 0. The molecular weight excluding hydrogens is 360 g/mol. The van der Waals surface area contributed by atoms with Crippen LogP contribution >= 0.6 is 0 Å². The summed E-state index contributed by atoms with van der Waals surface area (Å²) in [6, 6.07) is 7.76. The quantitative estimate of drug-likeness (QED) is 0.780. The van der Waals surface area contributed by atoms with Crippen LogP contribution in [0.3, 0.4) is 0 Å². The fourth-order valence-electron chi connectivity index (χ4n) is 3.64. The molecule has 3 rings (SSSR count). The number of piperazine rings is 1. The number of amides is 3. The molecule has 8 nitrogen and oxygen atoms in total. The minimum atomic E-state index is -0.338. The first-order valence-corrected chi connectivity index (χ1v) is 9.69. The molecule has 1 aromatic rings. The van der Waals surface area contributed by atoms with Crippen LogP contribution in [0.1, 0.15) is 13.3 Å². The first-order chi connectivity index (χ1) is 13.4. The smallest absolute Gasteiger partial charge is 0.409 e. The van der Waals surface area contributed by atoms with Crippen LogP contribution in [0, 0.1) is 5.92 Å². The Morgan fingerprint density at radius 1 is 1.07 bits per heavy atom. The number of rotatable bonds is 4. The number of carbonyl (C=O) groups excluding carboxylic acids is 3. The van der Waals surface area contributed by atoms with E-state index in [4.69, 9.17) is 4.74 Å². The Balaban J connectivity index is 1.57. The second-order valence-corrected chi connectivity index (χ2v) is 7.33. The predicted molar refractivity (Wildman–Crippen MR) is 106 cm³/mol. The highest BCUT2D eigenvalue weighted by Crippen LogP contribution is 2.28. The van der Waals surface area contributed by atoms with Gasteiger partial charge in [0, 0.05) is 64.6 Å². The molecule has 0 aromatic heterocycles. The largest absolute Gasteiger partial charge is 0.450 e. The average molecular weight is 388 g/mol. The molecule has 2 saturated heterocycles. The van der Waals surface area contributed by atoms with Crippen LogP contribution < -0.4 is 9.80 Å². The van der Waals surface area contributed by atoms with Gasteiger partial charge in [0.1, 0.15) is 0 Å². The van der Waals surface area contributed by atoms with Crippen molar-refractivity contribution in [3.8, 4) is 0 Å². The molecule has 28 heavy (non-hydrogen) atoms. The van der Waals surface area contributed by atoms with Gasteiger partial charge in [-0.25, -0.2) is 4.79 Å². The average Bonchev–Trinajstić information content (AvgIpc) is 3.09.